The largest absolute Gasteiger partial charge is 0.497 e. The van der Waals surface area contributed by atoms with Gasteiger partial charge in [-0.05, 0) is 36.6 Å². The van der Waals surface area contributed by atoms with E-state index in [9.17, 15) is 13.2 Å². The number of nitrogens with one attached hydrogen (secondary N) is 1. The number of carbonyl (C=O) groups excluding carboxylic acids is 1. The Kier molecular flexibility index (Phi) is 5.24. The molecule has 1 aliphatic rings. The highest BCUT2D eigenvalue weighted by Gasteiger charge is 2.28. The van der Waals surface area contributed by atoms with Crippen molar-refractivity contribution in [2.75, 3.05) is 26.5 Å². The second-order valence-corrected chi connectivity index (χ2v) is 8.78. The van der Waals surface area contributed by atoms with Crippen LogP contribution >= 0.6 is 0 Å². The number of fused-ring (bicyclic) bond motifs is 1. The van der Waals surface area contributed by atoms with Gasteiger partial charge in [0.25, 0.3) is 0 Å². The van der Waals surface area contributed by atoms with Gasteiger partial charge in [-0.1, -0.05) is 0 Å². The van der Waals surface area contributed by atoms with Gasteiger partial charge in [0.15, 0.2) is 0 Å². The van der Waals surface area contributed by atoms with Crippen molar-refractivity contribution < 1.29 is 17.9 Å². The molecule has 0 atom stereocenters. The molecular weight excluding hydrogens is 354 g/mol. The van der Waals surface area contributed by atoms with Crippen LogP contribution in [0.2, 0.25) is 0 Å². The van der Waals surface area contributed by atoms with Gasteiger partial charge in [0, 0.05) is 49.7 Å². The first-order chi connectivity index (χ1) is 12.3. The summed E-state index contributed by atoms with van der Waals surface area (Å²) in [6, 6.07) is 5.89. The molecule has 142 valence electrons. The minimum absolute atomic E-state index is 0.0157. The summed E-state index contributed by atoms with van der Waals surface area (Å²) < 4.78 is 31.9. The van der Waals surface area contributed by atoms with Crippen molar-refractivity contribution in [3.8, 4) is 5.75 Å². The summed E-state index contributed by atoms with van der Waals surface area (Å²) in [5.74, 6) is 0.625. The number of aryl methyl sites for hydroxylation is 1. The van der Waals surface area contributed by atoms with Crippen LogP contribution in [-0.4, -0.2) is 49.7 Å². The summed E-state index contributed by atoms with van der Waals surface area (Å²) in [6.07, 6.45) is 4.34. The summed E-state index contributed by atoms with van der Waals surface area (Å²) >= 11 is 0. The molecule has 2 heterocycles. The standard InChI is InChI=1S/C18H25N3O4S/c1-20-12-14(16-10-15(25-2)4-5-17(16)20)11-19-18(22)13-6-8-21(9-7-13)26(3,23)24/h4-5,10,12-13H,6-9,11H2,1-3H3,(H,19,22). The molecule has 3 rings (SSSR count). The van der Waals surface area contributed by atoms with E-state index in [2.05, 4.69) is 5.32 Å². The zero-order chi connectivity index (χ0) is 18.9. The highest BCUT2D eigenvalue weighted by Crippen LogP contribution is 2.26. The molecule has 7 nitrogen and oxygen atoms in total. The van der Waals surface area contributed by atoms with Gasteiger partial charge in [-0.15, -0.1) is 0 Å². The highest BCUT2D eigenvalue weighted by molar-refractivity contribution is 7.88. The number of methoxy groups -OCH3 is 1. The Morgan fingerprint density at radius 3 is 2.62 bits per heavy atom. The van der Waals surface area contributed by atoms with Gasteiger partial charge < -0.3 is 14.6 Å². The van der Waals surface area contributed by atoms with Crippen LogP contribution in [0, 0.1) is 5.92 Å². The van der Waals surface area contributed by atoms with Crippen molar-refractivity contribution in [1.29, 1.82) is 0 Å². The predicted molar refractivity (Wildman–Crippen MR) is 100 cm³/mol. The molecule has 0 saturated carbocycles. The third-order valence-electron chi connectivity index (χ3n) is 5.03. The van der Waals surface area contributed by atoms with E-state index < -0.39 is 10.0 Å². The zero-order valence-corrected chi connectivity index (χ0v) is 16.2. The van der Waals surface area contributed by atoms with Gasteiger partial charge in [-0.2, -0.15) is 0 Å². The number of rotatable bonds is 5. The third kappa shape index (κ3) is 3.86. The number of amides is 1. The molecule has 0 bridgehead atoms. The number of nitrogens with zero attached hydrogens (tertiary/aromatic N) is 2. The number of hydrogen-bond donors (Lipinski definition) is 1. The molecule has 1 fully saturated rings. The number of aromatic nitrogens is 1. The van der Waals surface area contributed by atoms with Gasteiger partial charge in [-0.25, -0.2) is 12.7 Å². The normalized spacial score (nSPS) is 16.7. The fraction of sp³-hybridized carbons (Fsp3) is 0.500. The third-order valence-corrected chi connectivity index (χ3v) is 6.33. The molecular formula is C18H25N3O4S. The first kappa shape index (κ1) is 18.7. The lowest BCUT2D eigenvalue weighted by Gasteiger charge is -2.29. The summed E-state index contributed by atoms with van der Waals surface area (Å²) in [6.45, 7) is 1.25. The fourth-order valence-electron chi connectivity index (χ4n) is 3.50. The molecule has 0 spiro atoms. The lowest BCUT2D eigenvalue weighted by atomic mass is 9.97. The van der Waals surface area contributed by atoms with Crippen molar-refractivity contribution in [2.24, 2.45) is 13.0 Å². The van der Waals surface area contributed by atoms with Crippen LogP contribution < -0.4 is 10.1 Å². The molecule has 2 aromatic rings. The van der Waals surface area contributed by atoms with Crippen LogP contribution in [-0.2, 0) is 28.4 Å². The van der Waals surface area contributed by atoms with E-state index in [1.165, 1.54) is 10.6 Å². The molecule has 1 aromatic carbocycles. The van der Waals surface area contributed by atoms with Crippen LogP contribution in [0.25, 0.3) is 10.9 Å². The second-order valence-electron chi connectivity index (χ2n) is 6.80. The van der Waals surface area contributed by atoms with Crippen LogP contribution in [0.4, 0.5) is 0 Å². The molecule has 0 aliphatic carbocycles. The molecule has 1 saturated heterocycles. The van der Waals surface area contributed by atoms with E-state index in [-0.39, 0.29) is 11.8 Å². The van der Waals surface area contributed by atoms with E-state index in [4.69, 9.17) is 4.74 Å². The minimum atomic E-state index is -3.17. The van der Waals surface area contributed by atoms with Gasteiger partial charge in [0.05, 0.1) is 13.4 Å². The molecule has 26 heavy (non-hydrogen) atoms. The summed E-state index contributed by atoms with van der Waals surface area (Å²) in [7, 11) is 0.435. The highest BCUT2D eigenvalue weighted by atomic mass is 32.2. The molecule has 1 N–H and O–H groups in total. The fourth-order valence-corrected chi connectivity index (χ4v) is 4.37. The van der Waals surface area contributed by atoms with Crippen molar-refractivity contribution in [3.63, 3.8) is 0 Å². The molecule has 1 aliphatic heterocycles. The van der Waals surface area contributed by atoms with Crippen LogP contribution in [0.15, 0.2) is 24.4 Å². The number of benzene rings is 1. The zero-order valence-electron chi connectivity index (χ0n) is 15.4. The minimum Gasteiger partial charge on any atom is -0.497 e. The number of hydrogen-bond acceptors (Lipinski definition) is 4. The molecule has 8 heteroatoms. The van der Waals surface area contributed by atoms with Gasteiger partial charge in [0.2, 0.25) is 15.9 Å². The summed E-state index contributed by atoms with van der Waals surface area (Å²) in [5.41, 5.74) is 2.11. The maximum Gasteiger partial charge on any atom is 0.223 e. The summed E-state index contributed by atoms with van der Waals surface area (Å²) in [5, 5.41) is 4.06. The van der Waals surface area contributed by atoms with E-state index >= 15 is 0 Å². The van der Waals surface area contributed by atoms with Crippen LogP contribution in [0.5, 0.6) is 5.75 Å². The Hall–Kier alpha value is -2.06. The maximum absolute atomic E-state index is 12.5. The number of sulfonamides is 1. The van der Waals surface area contributed by atoms with Gasteiger partial charge in [0.1, 0.15) is 5.75 Å². The number of carbonyl (C=O) groups is 1. The predicted octanol–water partition coefficient (Wildman–Crippen LogP) is 1.47. The smallest absolute Gasteiger partial charge is 0.223 e. The Labute approximate surface area is 154 Å². The monoisotopic (exact) mass is 379 g/mol. The van der Waals surface area contributed by atoms with E-state index in [0.717, 1.165) is 22.2 Å². The second kappa shape index (κ2) is 7.28. The number of piperidine rings is 1. The molecule has 0 radical (unpaired) electrons. The topological polar surface area (TPSA) is 80.6 Å². The van der Waals surface area contributed by atoms with Crippen molar-refractivity contribution in [1.82, 2.24) is 14.2 Å². The van der Waals surface area contributed by atoms with Crippen molar-refractivity contribution >= 4 is 26.8 Å². The number of ether oxygens (including phenoxy) is 1. The lowest BCUT2D eigenvalue weighted by molar-refractivity contribution is -0.126. The summed E-state index contributed by atoms with van der Waals surface area (Å²) in [4.78, 5) is 12.5. The van der Waals surface area contributed by atoms with E-state index in [0.29, 0.717) is 32.5 Å². The average Bonchev–Trinajstić information content (AvgIpc) is 2.94. The molecule has 0 unspecified atom stereocenters. The quantitative estimate of drug-likeness (QED) is 0.853. The Bertz CT molecular complexity index is 912. The molecule has 1 amide bonds. The average molecular weight is 379 g/mol. The van der Waals surface area contributed by atoms with Crippen LogP contribution in [0.3, 0.4) is 0 Å². The van der Waals surface area contributed by atoms with E-state index in [1.807, 2.05) is 36.0 Å². The van der Waals surface area contributed by atoms with Gasteiger partial charge >= 0.3 is 0 Å². The Morgan fingerprint density at radius 2 is 2.00 bits per heavy atom. The van der Waals surface area contributed by atoms with Crippen molar-refractivity contribution in [2.45, 2.75) is 19.4 Å². The Morgan fingerprint density at radius 1 is 1.31 bits per heavy atom. The van der Waals surface area contributed by atoms with Gasteiger partial charge in [-0.3, -0.25) is 4.79 Å². The molecule has 1 aromatic heterocycles. The lowest BCUT2D eigenvalue weighted by Crippen LogP contribution is -2.42. The maximum atomic E-state index is 12.5. The van der Waals surface area contributed by atoms with Crippen molar-refractivity contribution in [3.05, 3.63) is 30.0 Å². The SMILES string of the molecule is COc1ccc2c(c1)c(CNC(=O)C1CCN(S(C)(=O)=O)CC1)cn2C. The Balaban J connectivity index is 1.64. The van der Waals surface area contributed by atoms with E-state index in [1.54, 1.807) is 7.11 Å². The first-order valence-electron chi connectivity index (χ1n) is 8.64. The van der Waals surface area contributed by atoms with Crippen LogP contribution in [0.1, 0.15) is 18.4 Å². The first-order valence-corrected chi connectivity index (χ1v) is 10.5.